The zero-order valence-electron chi connectivity index (χ0n) is 20.3. The van der Waals surface area contributed by atoms with E-state index in [2.05, 4.69) is 24.3 Å². The van der Waals surface area contributed by atoms with Crippen molar-refractivity contribution < 1.29 is 17.9 Å². The van der Waals surface area contributed by atoms with Crippen LogP contribution in [-0.2, 0) is 21.2 Å². The zero-order valence-corrected chi connectivity index (χ0v) is 21.1. The van der Waals surface area contributed by atoms with E-state index in [-0.39, 0.29) is 11.8 Å². The number of hydrogen-bond donors (Lipinski definition) is 0. The van der Waals surface area contributed by atoms with Crippen LogP contribution in [0.5, 0.6) is 5.75 Å². The first kappa shape index (κ1) is 24.7. The van der Waals surface area contributed by atoms with Crippen LogP contribution in [0.4, 0.5) is 0 Å². The Hall–Kier alpha value is -2.38. The molecule has 2 fully saturated rings. The monoisotopic (exact) mass is 484 g/mol. The molecule has 34 heavy (non-hydrogen) atoms. The fourth-order valence-corrected chi connectivity index (χ4v) is 6.71. The van der Waals surface area contributed by atoms with Gasteiger partial charge in [0.05, 0.1) is 11.5 Å². The molecule has 0 aromatic heterocycles. The summed E-state index contributed by atoms with van der Waals surface area (Å²) in [6.07, 6.45) is 4.30. The number of piperidine rings is 2. The summed E-state index contributed by atoms with van der Waals surface area (Å²) in [5.41, 5.74) is 2.17. The molecule has 2 aliphatic rings. The van der Waals surface area contributed by atoms with E-state index in [0.717, 1.165) is 37.9 Å². The van der Waals surface area contributed by atoms with Crippen molar-refractivity contribution >= 4 is 15.9 Å². The summed E-state index contributed by atoms with van der Waals surface area (Å²) in [6.45, 7) is 6.69. The van der Waals surface area contributed by atoms with Crippen LogP contribution in [0, 0.1) is 18.8 Å². The molecular formula is C27H36N2O4S. The number of carbonyl (C=O) groups is 1. The number of ether oxygens (including phenoxy) is 1. The Morgan fingerprint density at radius 3 is 2.26 bits per heavy atom. The van der Waals surface area contributed by atoms with E-state index in [0.29, 0.717) is 49.1 Å². The van der Waals surface area contributed by atoms with Gasteiger partial charge >= 0.3 is 0 Å². The Morgan fingerprint density at radius 1 is 0.971 bits per heavy atom. The molecule has 4 rings (SSSR count). The summed E-state index contributed by atoms with van der Waals surface area (Å²) < 4.78 is 33.4. The third-order valence-corrected chi connectivity index (χ3v) is 9.08. The van der Waals surface area contributed by atoms with Crippen molar-refractivity contribution in [3.63, 3.8) is 0 Å². The van der Waals surface area contributed by atoms with E-state index >= 15 is 0 Å². The van der Waals surface area contributed by atoms with Crippen LogP contribution in [0.25, 0.3) is 0 Å². The van der Waals surface area contributed by atoms with Crippen LogP contribution in [-0.4, -0.2) is 56.3 Å². The summed E-state index contributed by atoms with van der Waals surface area (Å²) in [6, 6.07) is 15.6. The molecule has 0 spiro atoms. The molecule has 6 nitrogen and oxygen atoms in total. The molecule has 0 unspecified atom stereocenters. The number of rotatable bonds is 7. The number of likely N-dealkylation sites (tertiary alicyclic amines) is 1. The lowest BCUT2D eigenvalue weighted by molar-refractivity contribution is -0.138. The zero-order chi connectivity index (χ0) is 24.1. The molecule has 2 aromatic rings. The highest BCUT2D eigenvalue weighted by Gasteiger charge is 2.35. The molecule has 184 valence electrons. The van der Waals surface area contributed by atoms with Crippen LogP contribution in [0.2, 0.25) is 0 Å². The molecule has 0 aliphatic carbocycles. The van der Waals surface area contributed by atoms with Gasteiger partial charge in [0.1, 0.15) is 5.75 Å². The van der Waals surface area contributed by atoms with Crippen LogP contribution in [0.15, 0.2) is 53.4 Å². The molecule has 7 heteroatoms. The van der Waals surface area contributed by atoms with E-state index in [1.54, 1.807) is 18.2 Å². The Bertz CT molecular complexity index is 1070. The highest BCUT2D eigenvalue weighted by molar-refractivity contribution is 7.89. The number of sulfonamides is 1. The van der Waals surface area contributed by atoms with Gasteiger partial charge in [-0.1, -0.05) is 30.3 Å². The molecule has 2 aliphatic heterocycles. The Balaban J connectivity index is 1.29. The lowest BCUT2D eigenvalue weighted by atomic mass is 9.89. The fourth-order valence-electron chi connectivity index (χ4n) is 5.16. The summed E-state index contributed by atoms with van der Waals surface area (Å²) >= 11 is 0. The summed E-state index contributed by atoms with van der Waals surface area (Å²) in [7, 11) is -3.57. The first-order valence-corrected chi connectivity index (χ1v) is 13.9. The van der Waals surface area contributed by atoms with Crippen molar-refractivity contribution in [2.24, 2.45) is 11.8 Å². The molecule has 0 atom stereocenters. The summed E-state index contributed by atoms with van der Waals surface area (Å²) in [4.78, 5) is 15.4. The SMILES string of the molecule is CCOc1ccc(S(=O)(=O)N2CCC(C(=O)N3CCC(Cc4ccccc4)CC3)CC2)cc1C. The van der Waals surface area contributed by atoms with Gasteiger partial charge in [0, 0.05) is 32.1 Å². The van der Waals surface area contributed by atoms with E-state index in [4.69, 9.17) is 4.74 Å². The van der Waals surface area contributed by atoms with Crippen LogP contribution < -0.4 is 4.74 Å². The van der Waals surface area contributed by atoms with E-state index in [1.807, 2.05) is 24.8 Å². The summed E-state index contributed by atoms with van der Waals surface area (Å²) in [5, 5.41) is 0. The number of aryl methyl sites for hydroxylation is 1. The molecular weight excluding hydrogens is 448 g/mol. The quantitative estimate of drug-likeness (QED) is 0.589. The highest BCUT2D eigenvalue weighted by Crippen LogP contribution is 2.29. The number of amides is 1. The average Bonchev–Trinajstić information content (AvgIpc) is 2.86. The molecule has 2 heterocycles. The number of benzene rings is 2. The second-order valence-corrected chi connectivity index (χ2v) is 11.4. The Kier molecular flexibility index (Phi) is 7.94. The molecule has 2 saturated heterocycles. The van der Waals surface area contributed by atoms with Gasteiger partial charge in [-0.3, -0.25) is 4.79 Å². The van der Waals surface area contributed by atoms with Gasteiger partial charge in [-0.25, -0.2) is 8.42 Å². The molecule has 0 radical (unpaired) electrons. The topological polar surface area (TPSA) is 66.9 Å². The second kappa shape index (κ2) is 10.9. The van der Waals surface area contributed by atoms with Crippen molar-refractivity contribution in [3.8, 4) is 5.75 Å². The van der Waals surface area contributed by atoms with Crippen molar-refractivity contribution in [2.75, 3.05) is 32.8 Å². The number of hydrogen-bond acceptors (Lipinski definition) is 4. The smallest absolute Gasteiger partial charge is 0.243 e. The van der Waals surface area contributed by atoms with Crippen molar-refractivity contribution in [1.82, 2.24) is 9.21 Å². The van der Waals surface area contributed by atoms with Gasteiger partial charge in [-0.15, -0.1) is 0 Å². The highest BCUT2D eigenvalue weighted by atomic mass is 32.2. The largest absolute Gasteiger partial charge is 0.494 e. The van der Waals surface area contributed by atoms with Crippen molar-refractivity contribution in [2.45, 2.75) is 50.8 Å². The first-order chi connectivity index (χ1) is 16.4. The van der Waals surface area contributed by atoms with Gasteiger partial charge in [0.2, 0.25) is 15.9 Å². The minimum absolute atomic E-state index is 0.0841. The predicted molar refractivity (Wildman–Crippen MR) is 133 cm³/mol. The standard InChI is InChI=1S/C27H36N2O4S/c1-3-33-26-10-9-25(19-21(26)2)34(31,32)29-17-13-24(14-18-29)27(30)28-15-11-23(12-16-28)20-22-7-5-4-6-8-22/h4-10,19,23-24H,3,11-18,20H2,1-2H3. The number of nitrogens with zero attached hydrogens (tertiary/aromatic N) is 2. The van der Waals surface area contributed by atoms with Crippen LogP contribution in [0.3, 0.4) is 0 Å². The Morgan fingerprint density at radius 2 is 1.65 bits per heavy atom. The molecule has 0 saturated carbocycles. The maximum Gasteiger partial charge on any atom is 0.243 e. The van der Waals surface area contributed by atoms with Crippen molar-refractivity contribution in [1.29, 1.82) is 0 Å². The summed E-state index contributed by atoms with van der Waals surface area (Å²) in [5.74, 6) is 1.45. The van der Waals surface area contributed by atoms with Gasteiger partial charge in [-0.05, 0) is 81.2 Å². The normalized spacial score (nSPS) is 18.7. The van der Waals surface area contributed by atoms with Gasteiger partial charge < -0.3 is 9.64 Å². The minimum Gasteiger partial charge on any atom is -0.494 e. The van der Waals surface area contributed by atoms with Gasteiger partial charge in [0.25, 0.3) is 0 Å². The second-order valence-electron chi connectivity index (χ2n) is 9.50. The number of carbonyl (C=O) groups excluding carboxylic acids is 1. The minimum atomic E-state index is -3.57. The van der Waals surface area contributed by atoms with Gasteiger partial charge in [-0.2, -0.15) is 4.31 Å². The molecule has 0 N–H and O–H groups in total. The van der Waals surface area contributed by atoms with Gasteiger partial charge in [0.15, 0.2) is 0 Å². The van der Waals surface area contributed by atoms with Crippen molar-refractivity contribution in [3.05, 3.63) is 59.7 Å². The molecule has 0 bridgehead atoms. The average molecular weight is 485 g/mol. The molecule has 1 amide bonds. The van der Waals surface area contributed by atoms with Crippen LogP contribution in [0.1, 0.15) is 43.7 Å². The first-order valence-electron chi connectivity index (χ1n) is 12.4. The predicted octanol–water partition coefficient (Wildman–Crippen LogP) is 4.28. The fraction of sp³-hybridized carbons (Fsp3) is 0.519. The van der Waals surface area contributed by atoms with Crippen LogP contribution >= 0.6 is 0 Å². The maximum atomic E-state index is 13.2. The third-order valence-electron chi connectivity index (χ3n) is 7.18. The lowest BCUT2D eigenvalue weighted by Gasteiger charge is -2.37. The van der Waals surface area contributed by atoms with E-state index in [1.165, 1.54) is 9.87 Å². The third kappa shape index (κ3) is 5.63. The molecule has 2 aromatic carbocycles. The van der Waals surface area contributed by atoms with E-state index < -0.39 is 10.0 Å². The van der Waals surface area contributed by atoms with E-state index in [9.17, 15) is 13.2 Å². The maximum absolute atomic E-state index is 13.2. The Labute approximate surface area is 204 Å². The lowest BCUT2D eigenvalue weighted by Crippen LogP contribution is -2.46.